The number of nitrogens with zero attached hydrogens (tertiary/aromatic N) is 1. The fraction of sp³-hybridized carbons (Fsp3) is 0.750. The van der Waals surface area contributed by atoms with Gasteiger partial charge in [-0.1, -0.05) is 19.3 Å². The van der Waals surface area contributed by atoms with Crippen LogP contribution in [0.1, 0.15) is 55.1 Å². The van der Waals surface area contributed by atoms with Crippen molar-refractivity contribution < 1.29 is 0 Å². The predicted molar refractivity (Wildman–Crippen MR) is 65.3 cm³/mol. The Morgan fingerprint density at radius 2 is 2.13 bits per heavy atom. The maximum absolute atomic E-state index is 5.50. The second-order valence-electron chi connectivity index (χ2n) is 4.40. The molecule has 0 aromatic carbocycles. The maximum Gasteiger partial charge on any atom is 0.0959 e. The third-order valence-electron chi connectivity index (χ3n) is 3.16. The molecule has 3 heteroatoms. The Bertz CT molecular complexity index is 290. The van der Waals surface area contributed by atoms with E-state index in [2.05, 4.69) is 5.38 Å². The van der Waals surface area contributed by atoms with Crippen LogP contribution in [0.5, 0.6) is 0 Å². The fourth-order valence-electron chi connectivity index (χ4n) is 2.26. The molecule has 2 nitrogen and oxygen atoms in total. The summed E-state index contributed by atoms with van der Waals surface area (Å²) in [6.45, 7) is 0.774. The topological polar surface area (TPSA) is 38.9 Å². The van der Waals surface area contributed by atoms with Gasteiger partial charge in [0.1, 0.15) is 0 Å². The molecule has 0 aliphatic heterocycles. The van der Waals surface area contributed by atoms with Gasteiger partial charge in [-0.25, -0.2) is 4.98 Å². The molecule has 0 bridgehead atoms. The van der Waals surface area contributed by atoms with Crippen molar-refractivity contribution >= 4 is 11.3 Å². The Morgan fingerprint density at radius 3 is 2.87 bits per heavy atom. The minimum absolute atomic E-state index is 0.760. The van der Waals surface area contributed by atoms with Crippen molar-refractivity contribution in [3.63, 3.8) is 0 Å². The lowest BCUT2D eigenvalue weighted by atomic mass is 9.90. The highest BCUT2D eigenvalue weighted by Gasteiger charge is 2.18. The first kappa shape index (κ1) is 11.1. The van der Waals surface area contributed by atoms with E-state index < -0.39 is 0 Å². The van der Waals surface area contributed by atoms with Gasteiger partial charge >= 0.3 is 0 Å². The molecular weight excluding hydrogens is 204 g/mol. The molecule has 15 heavy (non-hydrogen) atoms. The van der Waals surface area contributed by atoms with Crippen LogP contribution in [0.25, 0.3) is 0 Å². The van der Waals surface area contributed by atoms with E-state index in [-0.39, 0.29) is 0 Å². The summed E-state index contributed by atoms with van der Waals surface area (Å²) in [5, 5.41) is 3.60. The van der Waals surface area contributed by atoms with Gasteiger partial charge in [0, 0.05) is 11.3 Å². The molecule has 1 aliphatic rings. The molecule has 1 fully saturated rings. The van der Waals surface area contributed by atoms with Crippen LogP contribution in [0.15, 0.2) is 5.38 Å². The zero-order valence-corrected chi connectivity index (χ0v) is 10.1. The Kier molecular flexibility index (Phi) is 4.15. The fourth-order valence-corrected chi connectivity index (χ4v) is 3.28. The van der Waals surface area contributed by atoms with Gasteiger partial charge in [0.05, 0.1) is 10.7 Å². The Labute approximate surface area is 95.9 Å². The SMILES string of the molecule is NCCCc1csc(C2CCCCC2)n1. The minimum atomic E-state index is 0.760. The van der Waals surface area contributed by atoms with E-state index in [1.807, 2.05) is 11.3 Å². The van der Waals surface area contributed by atoms with Gasteiger partial charge < -0.3 is 5.73 Å². The van der Waals surface area contributed by atoms with Crippen LogP contribution in [0, 0.1) is 0 Å². The van der Waals surface area contributed by atoms with Crippen LogP contribution >= 0.6 is 11.3 Å². The van der Waals surface area contributed by atoms with Gasteiger partial charge in [-0.3, -0.25) is 0 Å². The summed E-state index contributed by atoms with van der Waals surface area (Å²) in [6.07, 6.45) is 9.02. The summed E-state index contributed by atoms with van der Waals surface area (Å²) in [5.41, 5.74) is 6.76. The van der Waals surface area contributed by atoms with E-state index in [1.54, 1.807) is 0 Å². The quantitative estimate of drug-likeness (QED) is 0.853. The zero-order valence-electron chi connectivity index (χ0n) is 9.24. The molecule has 2 rings (SSSR count). The molecule has 0 atom stereocenters. The summed E-state index contributed by atoms with van der Waals surface area (Å²) < 4.78 is 0. The van der Waals surface area contributed by atoms with Crippen molar-refractivity contribution in [1.29, 1.82) is 0 Å². The van der Waals surface area contributed by atoms with Gasteiger partial charge in [-0.2, -0.15) is 0 Å². The first-order valence-electron chi connectivity index (χ1n) is 6.04. The average molecular weight is 224 g/mol. The van der Waals surface area contributed by atoms with Gasteiger partial charge in [0.15, 0.2) is 0 Å². The summed E-state index contributed by atoms with van der Waals surface area (Å²) in [5.74, 6) is 0.760. The van der Waals surface area contributed by atoms with Crippen LogP contribution < -0.4 is 5.73 Å². The van der Waals surface area contributed by atoms with Crippen LogP contribution in [0.2, 0.25) is 0 Å². The molecule has 1 saturated carbocycles. The largest absolute Gasteiger partial charge is 0.330 e. The third kappa shape index (κ3) is 3.02. The van der Waals surface area contributed by atoms with Crippen molar-refractivity contribution in [2.45, 2.75) is 50.9 Å². The molecular formula is C12H20N2S. The number of rotatable bonds is 4. The van der Waals surface area contributed by atoms with Gasteiger partial charge in [0.25, 0.3) is 0 Å². The smallest absolute Gasteiger partial charge is 0.0959 e. The molecule has 0 saturated heterocycles. The summed E-state index contributed by atoms with van der Waals surface area (Å²) in [6, 6.07) is 0. The lowest BCUT2D eigenvalue weighted by molar-refractivity contribution is 0.442. The van der Waals surface area contributed by atoms with Crippen molar-refractivity contribution in [2.24, 2.45) is 5.73 Å². The van der Waals surface area contributed by atoms with E-state index >= 15 is 0 Å². The zero-order chi connectivity index (χ0) is 10.5. The number of hydrogen-bond acceptors (Lipinski definition) is 3. The minimum Gasteiger partial charge on any atom is -0.330 e. The van der Waals surface area contributed by atoms with Crippen LogP contribution in [0.4, 0.5) is 0 Å². The highest BCUT2D eigenvalue weighted by Crippen LogP contribution is 2.34. The maximum atomic E-state index is 5.50. The monoisotopic (exact) mass is 224 g/mol. The molecule has 0 amide bonds. The van der Waals surface area contributed by atoms with Crippen LogP contribution in [-0.2, 0) is 6.42 Å². The number of aromatic nitrogens is 1. The van der Waals surface area contributed by atoms with Crippen molar-refractivity contribution in [1.82, 2.24) is 4.98 Å². The Hall–Kier alpha value is -0.410. The Morgan fingerprint density at radius 1 is 1.33 bits per heavy atom. The van der Waals surface area contributed by atoms with Gasteiger partial charge in [0.2, 0.25) is 0 Å². The molecule has 1 aliphatic carbocycles. The number of hydrogen-bond donors (Lipinski definition) is 1. The average Bonchev–Trinajstić information content (AvgIpc) is 2.76. The number of aryl methyl sites for hydroxylation is 1. The predicted octanol–water partition coefficient (Wildman–Crippen LogP) is 3.08. The number of nitrogens with two attached hydrogens (primary N) is 1. The van der Waals surface area contributed by atoms with Crippen molar-refractivity contribution in [3.8, 4) is 0 Å². The molecule has 0 unspecified atom stereocenters. The highest BCUT2D eigenvalue weighted by atomic mass is 32.1. The molecule has 2 N–H and O–H groups in total. The highest BCUT2D eigenvalue weighted by molar-refractivity contribution is 7.09. The second kappa shape index (κ2) is 5.61. The normalized spacial score (nSPS) is 18.2. The van der Waals surface area contributed by atoms with Crippen LogP contribution in [-0.4, -0.2) is 11.5 Å². The third-order valence-corrected chi connectivity index (χ3v) is 4.22. The van der Waals surface area contributed by atoms with E-state index in [1.165, 1.54) is 42.8 Å². The lowest BCUT2D eigenvalue weighted by Gasteiger charge is -2.18. The van der Waals surface area contributed by atoms with E-state index in [0.717, 1.165) is 25.3 Å². The molecule has 1 aromatic rings. The van der Waals surface area contributed by atoms with Gasteiger partial charge in [-0.05, 0) is 32.2 Å². The molecule has 84 valence electrons. The first-order valence-corrected chi connectivity index (χ1v) is 6.92. The van der Waals surface area contributed by atoms with Crippen molar-refractivity contribution in [3.05, 3.63) is 16.1 Å². The number of thiazole rings is 1. The van der Waals surface area contributed by atoms with E-state index in [4.69, 9.17) is 10.7 Å². The molecule has 1 aromatic heterocycles. The van der Waals surface area contributed by atoms with Crippen molar-refractivity contribution in [2.75, 3.05) is 6.54 Å². The molecule has 0 spiro atoms. The van der Waals surface area contributed by atoms with Gasteiger partial charge in [-0.15, -0.1) is 11.3 Å². The standard InChI is InChI=1S/C12H20N2S/c13-8-4-7-11-9-15-12(14-11)10-5-2-1-3-6-10/h9-10H,1-8,13H2. The van der Waals surface area contributed by atoms with Crippen LogP contribution in [0.3, 0.4) is 0 Å². The summed E-state index contributed by atoms with van der Waals surface area (Å²) >= 11 is 1.85. The second-order valence-corrected chi connectivity index (χ2v) is 5.29. The van der Waals surface area contributed by atoms with E-state index in [9.17, 15) is 0 Å². The Balaban J connectivity index is 1.93. The lowest BCUT2D eigenvalue weighted by Crippen LogP contribution is -2.04. The summed E-state index contributed by atoms with van der Waals surface area (Å²) in [4.78, 5) is 4.73. The summed E-state index contributed by atoms with van der Waals surface area (Å²) in [7, 11) is 0. The van der Waals surface area contributed by atoms with E-state index in [0.29, 0.717) is 0 Å². The molecule has 1 heterocycles. The molecule has 0 radical (unpaired) electrons. The first-order chi connectivity index (χ1) is 7.40.